The molecule has 3 heterocycles. The average Bonchev–Trinajstić information content (AvgIpc) is 3.39. The van der Waals surface area contributed by atoms with Gasteiger partial charge in [-0.05, 0) is 54.5 Å². The number of nitrogens with one attached hydrogen (secondary N) is 1. The van der Waals surface area contributed by atoms with Crippen LogP contribution in [0.15, 0.2) is 59.3 Å². The van der Waals surface area contributed by atoms with E-state index in [1.807, 2.05) is 23.1 Å². The molecule has 146 valence electrons. The van der Waals surface area contributed by atoms with Gasteiger partial charge in [-0.1, -0.05) is 36.4 Å². The highest BCUT2D eigenvalue weighted by molar-refractivity contribution is 7.10. The van der Waals surface area contributed by atoms with Gasteiger partial charge in [0.1, 0.15) is 0 Å². The van der Waals surface area contributed by atoms with E-state index in [2.05, 4.69) is 65.4 Å². The number of thiophene rings is 2. The number of nitrogens with zero attached hydrogens (tertiary/aromatic N) is 2. The predicted octanol–water partition coefficient (Wildman–Crippen LogP) is 4.77. The number of hydrogen-bond donors (Lipinski definition) is 1. The Bertz CT molecular complexity index is 905. The number of fused-ring (bicyclic) bond motifs is 1. The molecular weight excluding hydrogens is 386 g/mol. The molecule has 6 heteroatoms. The highest BCUT2D eigenvalue weighted by Crippen LogP contribution is 2.37. The lowest BCUT2D eigenvalue weighted by Gasteiger charge is -2.37. The lowest BCUT2D eigenvalue weighted by molar-refractivity contribution is 0.176. The Morgan fingerprint density at radius 1 is 1.14 bits per heavy atom. The van der Waals surface area contributed by atoms with E-state index in [1.165, 1.54) is 20.9 Å². The molecule has 28 heavy (non-hydrogen) atoms. The summed E-state index contributed by atoms with van der Waals surface area (Å²) in [4.78, 5) is 20.0. The van der Waals surface area contributed by atoms with Crippen LogP contribution in [0.2, 0.25) is 0 Å². The van der Waals surface area contributed by atoms with Gasteiger partial charge >= 0.3 is 6.03 Å². The summed E-state index contributed by atoms with van der Waals surface area (Å²) in [6, 6.07) is 16.9. The van der Waals surface area contributed by atoms with Gasteiger partial charge in [-0.25, -0.2) is 4.79 Å². The monoisotopic (exact) mass is 411 g/mol. The molecular formula is C22H25N3OS2. The zero-order valence-electron chi connectivity index (χ0n) is 16.2. The maximum absolute atomic E-state index is 13.2. The van der Waals surface area contributed by atoms with Crippen LogP contribution in [0.4, 0.5) is 4.79 Å². The molecule has 0 radical (unpaired) electrons. The zero-order valence-corrected chi connectivity index (χ0v) is 17.8. The molecule has 4 nitrogen and oxygen atoms in total. The predicted molar refractivity (Wildman–Crippen MR) is 117 cm³/mol. The fourth-order valence-corrected chi connectivity index (χ4v) is 5.66. The molecule has 3 aromatic rings. The Morgan fingerprint density at radius 2 is 1.96 bits per heavy atom. The summed E-state index contributed by atoms with van der Waals surface area (Å²) < 4.78 is 0. The van der Waals surface area contributed by atoms with Crippen molar-refractivity contribution in [3.63, 3.8) is 0 Å². The van der Waals surface area contributed by atoms with Gasteiger partial charge in [0.25, 0.3) is 0 Å². The van der Waals surface area contributed by atoms with Gasteiger partial charge in [-0.15, -0.1) is 22.7 Å². The quantitative estimate of drug-likeness (QED) is 0.656. The fraction of sp³-hybridized carbons (Fsp3) is 0.318. The minimum Gasteiger partial charge on any atom is -0.336 e. The van der Waals surface area contributed by atoms with E-state index in [1.54, 1.807) is 22.7 Å². The smallest absolute Gasteiger partial charge is 0.318 e. The SMILES string of the molecule is CN(C)[C@H](CNC(=O)N1CCc2sccc2[C@H]1c1ccccc1)c1cccs1. The first-order chi connectivity index (χ1) is 13.6. The van der Waals surface area contributed by atoms with Gasteiger partial charge in [-0.3, -0.25) is 0 Å². The van der Waals surface area contributed by atoms with Crippen molar-refractivity contribution in [3.8, 4) is 0 Å². The maximum atomic E-state index is 13.2. The molecule has 0 fully saturated rings. The van der Waals surface area contributed by atoms with Gasteiger partial charge in [0.15, 0.2) is 0 Å². The van der Waals surface area contributed by atoms with Crippen LogP contribution in [0.5, 0.6) is 0 Å². The molecule has 1 aliphatic heterocycles. The Hall–Kier alpha value is -2.15. The lowest BCUT2D eigenvalue weighted by atomic mass is 9.93. The average molecular weight is 412 g/mol. The Kier molecular flexibility index (Phi) is 5.80. The summed E-state index contributed by atoms with van der Waals surface area (Å²) in [5.41, 5.74) is 2.43. The molecule has 0 unspecified atom stereocenters. The molecule has 0 saturated carbocycles. The molecule has 1 aliphatic rings. The van der Waals surface area contributed by atoms with E-state index in [4.69, 9.17) is 0 Å². The number of amides is 2. The van der Waals surface area contributed by atoms with Crippen LogP contribution in [-0.4, -0.2) is 43.0 Å². The van der Waals surface area contributed by atoms with E-state index >= 15 is 0 Å². The van der Waals surface area contributed by atoms with Crippen molar-refractivity contribution in [3.05, 3.63) is 80.2 Å². The Balaban J connectivity index is 1.54. The first-order valence-corrected chi connectivity index (χ1v) is 11.3. The molecule has 2 aromatic heterocycles. The van der Waals surface area contributed by atoms with E-state index in [0.29, 0.717) is 6.54 Å². The number of carbonyl (C=O) groups is 1. The van der Waals surface area contributed by atoms with E-state index < -0.39 is 0 Å². The molecule has 0 saturated heterocycles. The molecule has 2 amide bonds. The second-order valence-electron chi connectivity index (χ2n) is 7.24. The van der Waals surface area contributed by atoms with Gasteiger partial charge in [0.2, 0.25) is 0 Å². The topological polar surface area (TPSA) is 35.6 Å². The van der Waals surface area contributed by atoms with E-state index in [0.717, 1.165) is 13.0 Å². The summed E-state index contributed by atoms with van der Waals surface area (Å²) in [6.45, 7) is 1.34. The zero-order chi connectivity index (χ0) is 19.5. The molecule has 4 rings (SSSR count). The molecule has 0 aliphatic carbocycles. The van der Waals surface area contributed by atoms with Crippen LogP contribution in [0.1, 0.15) is 33.0 Å². The second-order valence-corrected chi connectivity index (χ2v) is 9.22. The van der Waals surface area contributed by atoms with Gasteiger partial charge in [-0.2, -0.15) is 0 Å². The van der Waals surface area contributed by atoms with E-state index in [9.17, 15) is 4.79 Å². The van der Waals surface area contributed by atoms with Crippen molar-refractivity contribution in [1.29, 1.82) is 0 Å². The van der Waals surface area contributed by atoms with Crippen LogP contribution in [-0.2, 0) is 6.42 Å². The summed E-state index contributed by atoms with van der Waals surface area (Å²) in [5, 5.41) is 7.43. The molecule has 1 aromatic carbocycles. The van der Waals surface area contributed by atoms with Crippen molar-refractivity contribution in [2.45, 2.75) is 18.5 Å². The molecule has 0 spiro atoms. The van der Waals surface area contributed by atoms with Crippen molar-refractivity contribution in [1.82, 2.24) is 15.1 Å². The first kappa shape index (κ1) is 19.2. The van der Waals surface area contributed by atoms with Gasteiger partial charge in [0, 0.05) is 22.8 Å². The largest absolute Gasteiger partial charge is 0.336 e. The number of likely N-dealkylation sites (N-methyl/N-ethyl adjacent to an activating group) is 1. The number of urea groups is 1. The standard InChI is InChI=1S/C22H25N3OS2/c1-24(2)18(20-9-6-13-27-20)15-23-22(26)25-12-10-19-17(11-14-28-19)21(25)16-7-4-3-5-8-16/h3-9,11,13-14,18,21H,10,12,15H2,1-2H3,(H,23,26)/t18-,21-/m1/s1. The molecule has 0 bridgehead atoms. The van der Waals surface area contributed by atoms with Crippen LogP contribution in [0.3, 0.4) is 0 Å². The van der Waals surface area contributed by atoms with Crippen molar-refractivity contribution < 1.29 is 4.79 Å². The van der Waals surface area contributed by atoms with Gasteiger partial charge in [0.05, 0.1) is 12.1 Å². The van der Waals surface area contributed by atoms with Crippen LogP contribution in [0, 0.1) is 0 Å². The number of carbonyl (C=O) groups excluding carboxylic acids is 1. The number of benzene rings is 1. The summed E-state index contributed by atoms with van der Waals surface area (Å²) in [5.74, 6) is 0. The summed E-state index contributed by atoms with van der Waals surface area (Å²) in [7, 11) is 4.11. The third kappa shape index (κ3) is 3.85. The van der Waals surface area contributed by atoms with Crippen LogP contribution >= 0.6 is 22.7 Å². The first-order valence-electron chi connectivity index (χ1n) is 9.50. The lowest BCUT2D eigenvalue weighted by Crippen LogP contribution is -2.47. The number of rotatable bonds is 5. The minimum atomic E-state index is -0.0178. The Morgan fingerprint density at radius 3 is 2.68 bits per heavy atom. The van der Waals surface area contributed by atoms with Crippen LogP contribution < -0.4 is 5.32 Å². The highest BCUT2D eigenvalue weighted by Gasteiger charge is 2.33. The fourth-order valence-electron chi connectivity index (χ4n) is 3.83. The van der Waals surface area contributed by atoms with E-state index in [-0.39, 0.29) is 18.1 Å². The summed E-state index contributed by atoms with van der Waals surface area (Å²) in [6.07, 6.45) is 0.922. The number of hydrogen-bond acceptors (Lipinski definition) is 4. The van der Waals surface area contributed by atoms with Crippen molar-refractivity contribution in [2.75, 3.05) is 27.2 Å². The third-order valence-electron chi connectivity index (χ3n) is 5.28. The second kappa shape index (κ2) is 8.47. The highest BCUT2D eigenvalue weighted by atomic mass is 32.1. The molecule has 2 atom stereocenters. The maximum Gasteiger partial charge on any atom is 0.318 e. The van der Waals surface area contributed by atoms with Crippen molar-refractivity contribution in [2.24, 2.45) is 0 Å². The third-order valence-corrected chi connectivity index (χ3v) is 7.25. The minimum absolute atomic E-state index is 0.00843. The summed E-state index contributed by atoms with van der Waals surface area (Å²) >= 11 is 3.52. The van der Waals surface area contributed by atoms with Crippen molar-refractivity contribution >= 4 is 28.7 Å². The van der Waals surface area contributed by atoms with Gasteiger partial charge < -0.3 is 15.1 Å². The Labute approximate surface area is 174 Å². The van der Waals surface area contributed by atoms with Crippen LogP contribution in [0.25, 0.3) is 0 Å². The normalized spacial score (nSPS) is 17.4. The molecule has 1 N–H and O–H groups in total.